The van der Waals surface area contributed by atoms with Gasteiger partial charge in [0.2, 0.25) is 5.91 Å². The first-order valence-electron chi connectivity index (χ1n) is 11.0. The molecular weight excluding hydrogens is 500 g/mol. The van der Waals surface area contributed by atoms with Crippen molar-refractivity contribution < 1.29 is 18.8 Å². The molecule has 1 aromatic carbocycles. The number of rotatable bonds is 7. The van der Waals surface area contributed by atoms with Crippen LogP contribution in [-0.2, 0) is 28.1 Å². The summed E-state index contributed by atoms with van der Waals surface area (Å²) in [5, 5.41) is 15.2. The number of oxime groups is 1. The molecule has 2 aliphatic rings. The predicted molar refractivity (Wildman–Crippen MR) is 129 cm³/mol. The first-order chi connectivity index (χ1) is 16.2. The second kappa shape index (κ2) is 10.0. The standard InChI is InChI=1S/C24H22Cl2FN3O3S/c1-24(13-10-16(25)21(27)17(26)11-13)12-18(30-33-24)22-14-4-2-3-5-15(14)23(34-22)19(31)6-7-20(32)29-9-8-28/h10-11H,2-7,9,12H2,1H3,(H,29,32). The summed E-state index contributed by atoms with van der Waals surface area (Å²) in [5.41, 5.74) is 2.64. The Bertz CT molecular complexity index is 1210. The van der Waals surface area contributed by atoms with Crippen molar-refractivity contribution in [2.75, 3.05) is 6.54 Å². The van der Waals surface area contributed by atoms with Crippen LogP contribution in [0.2, 0.25) is 10.0 Å². The highest BCUT2D eigenvalue weighted by molar-refractivity contribution is 7.16. The Morgan fingerprint density at radius 3 is 2.59 bits per heavy atom. The van der Waals surface area contributed by atoms with Gasteiger partial charge in [-0.05, 0) is 55.9 Å². The van der Waals surface area contributed by atoms with Crippen molar-refractivity contribution in [2.45, 2.75) is 57.5 Å². The number of hydrogen-bond donors (Lipinski definition) is 1. The first-order valence-corrected chi connectivity index (χ1v) is 12.5. The van der Waals surface area contributed by atoms with Gasteiger partial charge in [0.25, 0.3) is 0 Å². The number of carbonyl (C=O) groups excluding carboxylic acids is 2. The number of amides is 1. The van der Waals surface area contributed by atoms with Crippen LogP contribution in [0.25, 0.3) is 0 Å². The molecule has 1 unspecified atom stereocenters. The fourth-order valence-electron chi connectivity index (χ4n) is 4.33. The van der Waals surface area contributed by atoms with Gasteiger partial charge in [0.05, 0.1) is 25.9 Å². The molecule has 10 heteroatoms. The van der Waals surface area contributed by atoms with Crippen molar-refractivity contribution in [3.05, 3.63) is 54.4 Å². The molecule has 1 aromatic heterocycles. The number of carbonyl (C=O) groups is 2. The maximum absolute atomic E-state index is 13.9. The molecule has 34 heavy (non-hydrogen) atoms. The number of benzene rings is 1. The van der Waals surface area contributed by atoms with Crippen LogP contribution in [0.15, 0.2) is 17.3 Å². The van der Waals surface area contributed by atoms with E-state index in [2.05, 4.69) is 10.5 Å². The SMILES string of the molecule is CC1(c2cc(Cl)c(F)c(Cl)c2)CC(c2sc(C(=O)CCC(=O)NCC#N)c3c2CCCC3)=NO1. The van der Waals surface area contributed by atoms with E-state index >= 15 is 0 Å². The number of nitrogens with zero attached hydrogens (tertiary/aromatic N) is 2. The van der Waals surface area contributed by atoms with Crippen LogP contribution >= 0.6 is 34.5 Å². The van der Waals surface area contributed by atoms with Crippen LogP contribution in [0.4, 0.5) is 4.39 Å². The maximum atomic E-state index is 13.9. The molecule has 1 N–H and O–H groups in total. The van der Waals surface area contributed by atoms with E-state index < -0.39 is 11.4 Å². The third-order valence-corrected chi connectivity index (χ3v) is 8.05. The van der Waals surface area contributed by atoms with Gasteiger partial charge in [0.1, 0.15) is 12.3 Å². The molecule has 1 aliphatic carbocycles. The Hall–Kier alpha value is -2.47. The van der Waals surface area contributed by atoms with E-state index in [4.69, 9.17) is 33.3 Å². The van der Waals surface area contributed by atoms with Gasteiger partial charge in [-0.15, -0.1) is 11.3 Å². The summed E-state index contributed by atoms with van der Waals surface area (Å²) in [4.78, 5) is 32.2. The van der Waals surface area contributed by atoms with Crippen LogP contribution < -0.4 is 5.32 Å². The van der Waals surface area contributed by atoms with E-state index in [1.54, 1.807) is 0 Å². The van der Waals surface area contributed by atoms with Crippen molar-refractivity contribution in [1.29, 1.82) is 5.26 Å². The zero-order chi connectivity index (χ0) is 24.5. The zero-order valence-electron chi connectivity index (χ0n) is 18.5. The van der Waals surface area contributed by atoms with Crippen LogP contribution in [-0.4, -0.2) is 23.9 Å². The molecule has 4 rings (SSSR count). The van der Waals surface area contributed by atoms with E-state index in [1.807, 2.05) is 13.0 Å². The lowest BCUT2D eigenvalue weighted by Gasteiger charge is -2.22. The Balaban J connectivity index is 1.57. The van der Waals surface area contributed by atoms with Crippen LogP contribution in [0.5, 0.6) is 0 Å². The zero-order valence-corrected chi connectivity index (χ0v) is 20.8. The normalized spacial score (nSPS) is 19.1. The molecule has 6 nitrogen and oxygen atoms in total. The molecule has 0 bridgehead atoms. The topological polar surface area (TPSA) is 91.6 Å². The van der Waals surface area contributed by atoms with Gasteiger partial charge in [-0.1, -0.05) is 28.4 Å². The van der Waals surface area contributed by atoms with Crippen LogP contribution in [0, 0.1) is 17.1 Å². The number of fused-ring (bicyclic) bond motifs is 1. The van der Waals surface area contributed by atoms with E-state index in [9.17, 15) is 14.0 Å². The van der Waals surface area contributed by atoms with E-state index in [-0.39, 0.29) is 41.1 Å². The third-order valence-electron chi connectivity index (χ3n) is 6.14. The van der Waals surface area contributed by atoms with Gasteiger partial charge in [-0.3, -0.25) is 9.59 Å². The van der Waals surface area contributed by atoms with E-state index in [1.165, 1.54) is 23.5 Å². The predicted octanol–water partition coefficient (Wildman–Crippen LogP) is 5.72. The first kappa shape index (κ1) is 24.6. The second-order valence-electron chi connectivity index (χ2n) is 8.57. The smallest absolute Gasteiger partial charge is 0.221 e. The van der Waals surface area contributed by atoms with Crippen molar-refractivity contribution in [1.82, 2.24) is 5.32 Å². The van der Waals surface area contributed by atoms with Gasteiger partial charge in [-0.2, -0.15) is 5.26 Å². The summed E-state index contributed by atoms with van der Waals surface area (Å²) in [6.45, 7) is 1.77. The monoisotopic (exact) mass is 521 g/mol. The number of halogens is 3. The largest absolute Gasteiger partial charge is 0.384 e. The molecule has 0 saturated heterocycles. The summed E-state index contributed by atoms with van der Waals surface area (Å²) < 4.78 is 13.9. The minimum absolute atomic E-state index is 0.0384. The van der Waals surface area contributed by atoms with E-state index in [0.717, 1.165) is 47.4 Å². The number of nitrogens with one attached hydrogen (secondary N) is 1. The fourth-order valence-corrected chi connectivity index (χ4v) is 6.17. The number of ketones is 1. The lowest BCUT2D eigenvalue weighted by Crippen LogP contribution is -2.23. The minimum Gasteiger partial charge on any atom is -0.384 e. The van der Waals surface area contributed by atoms with Crippen molar-refractivity contribution in [3.63, 3.8) is 0 Å². The molecule has 0 fully saturated rings. The fraction of sp³-hybridized carbons (Fsp3) is 0.417. The van der Waals surface area contributed by atoms with Crippen LogP contribution in [0.1, 0.15) is 70.3 Å². The maximum Gasteiger partial charge on any atom is 0.221 e. The number of thiophene rings is 1. The molecule has 2 heterocycles. The van der Waals surface area contributed by atoms with Gasteiger partial charge in [-0.25, -0.2) is 4.39 Å². The van der Waals surface area contributed by atoms with Crippen LogP contribution in [0.3, 0.4) is 0 Å². The summed E-state index contributed by atoms with van der Waals surface area (Å²) in [6, 6.07) is 4.84. The van der Waals surface area contributed by atoms with Gasteiger partial charge in [0.15, 0.2) is 17.2 Å². The summed E-state index contributed by atoms with van der Waals surface area (Å²) in [6.07, 6.45) is 4.22. The summed E-state index contributed by atoms with van der Waals surface area (Å²) in [7, 11) is 0. The van der Waals surface area contributed by atoms with Crippen molar-refractivity contribution in [2.24, 2.45) is 5.16 Å². The quantitative estimate of drug-likeness (QED) is 0.286. The van der Waals surface area contributed by atoms with Gasteiger partial charge < -0.3 is 10.2 Å². The molecule has 1 aliphatic heterocycles. The Morgan fingerprint density at radius 1 is 1.24 bits per heavy atom. The van der Waals surface area contributed by atoms with Crippen molar-refractivity contribution >= 4 is 51.9 Å². The lowest BCUT2D eigenvalue weighted by atomic mass is 9.87. The average Bonchev–Trinajstić information content (AvgIpc) is 3.41. The van der Waals surface area contributed by atoms with Crippen molar-refractivity contribution in [3.8, 4) is 6.07 Å². The third kappa shape index (κ3) is 4.83. The lowest BCUT2D eigenvalue weighted by molar-refractivity contribution is -0.120. The molecule has 2 aromatic rings. The van der Waals surface area contributed by atoms with Gasteiger partial charge in [0, 0.05) is 24.8 Å². The Labute approximate surface area is 210 Å². The van der Waals surface area contributed by atoms with E-state index in [0.29, 0.717) is 16.9 Å². The highest BCUT2D eigenvalue weighted by Gasteiger charge is 2.40. The highest BCUT2D eigenvalue weighted by atomic mass is 35.5. The Morgan fingerprint density at radius 2 is 1.91 bits per heavy atom. The molecule has 0 spiro atoms. The number of hydrogen-bond acceptors (Lipinski definition) is 6. The molecule has 178 valence electrons. The average molecular weight is 522 g/mol. The Kier molecular flexibility index (Phi) is 7.27. The molecule has 0 saturated carbocycles. The molecule has 1 amide bonds. The molecule has 1 atom stereocenters. The number of Topliss-reactive ketones (excluding diaryl/α,β-unsaturated/α-hetero) is 1. The summed E-state index contributed by atoms with van der Waals surface area (Å²) in [5.74, 6) is -1.08. The second-order valence-corrected chi connectivity index (χ2v) is 10.4. The minimum atomic E-state index is -0.870. The summed E-state index contributed by atoms with van der Waals surface area (Å²) >= 11 is 13.4. The van der Waals surface area contributed by atoms with Gasteiger partial charge >= 0.3 is 0 Å². The molecule has 0 radical (unpaired) electrons. The molecular formula is C24H22Cl2FN3O3S. The number of nitriles is 1. The highest BCUT2D eigenvalue weighted by Crippen LogP contribution is 2.43.